The first-order valence-electron chi connectivity index (χ1n) is 5.84. The summed E-state index contributed by atoms with van der Waals surface area (Å²) in [6.07, 6.45) is 2.40. The summed E-state index contributed by atoms with van der Waals surface area (Å²) in [6, 6.07) is 3.92. The zero-order chi connectivity index (χ0) is 12.3. The molecule has 2 rings (SSSR count). The molecule has 2 N–H and O–H groups in total. The molecule has 1 aromatic rings. The summed E-state index contributed by atoms with van der Waals surface area (Å²) in [4.78, 5) is 1.12. The molecule has 0 saturated carbocycles. The topological polar surface area (TPSA) is 63.4 Å². The summed E-state index contributed by atoms with van der Waals surface area (Å²) in [5.74, 6) is 0.195. The first kappa shape index (κ1) is 13.0. The molecular weight excluding hydrogens is 256 g/mol. The Morgan fingerprint density at radius 3 is 3.00 bits per heavy atom. The molecular formula is C11H18N2O2S2. The third-order valence-corrected chi connectivity index (χ3v) is 5.78. The fourth-order valence-corrected chi connectivity index (χ4v) is 4.44. The number of rotatable bonds is 4. The van der Waals surface area contributed by atoms with Gasteiger partial charge in [-0.1, -0.05) is 6.07 Å². The molecule has 1 unspecified atom stereocenters. The van der Waals surface area contributed by atoms with E-state index in [9.17, 15) is 8.42 Å². The van der Waals surface area contributed by atoms with Gasteiger partial charge in [-0.05, 0) is 30.7 Å². The molecule has 0 spiro atoms. The summed E-state index contributed by atoms with van der Waals surface area (Å²) in [7, 11) is -3.13. The highest BCUT2D eigenvalue weighted by Gasteiger charge is 2.26. The van der Waals surface area contributed by atoms with E-state index < -0.39 is 10.0 Å². The van der Waals surface area contributed by atoms with Gasteiger partial charge in [-0.3, -0.25) is 0 Å². The summed E-state index contributed by atoms with van der Waals surface area (Å²) in [5, 5.41) is 1.97. The van der Waals surface area contributed by atoms with E-state index in [4.69, 9.17) is 5.73 Å². The second-order valence-electron chi connectivity index (χ2n) is 4.41. The van der Waals surface area contributed by atoms with E-state index >= 15 is 0 Å². The highest BCUT2D eigenvalue weighted by Crippen LogP contribution is 2.16. The van der Waals surface area contributed by atoms with Crippen molar-refractivity contribution < 1.29 is 8.42 Å². The van der Waals surface area contributed by atoms with Crippen LogP contribution in [0.5, 0.6) is 0 Å². The van der Waals surface area contributed by atoms with Gasteiger partial charge in [0.1, 0.15) is 0 Å². The van der Waals surface area contributed by atoms with Gasteiger partial charge in [0.25, 0.3) is 0 Å². The van der Waals surface area contributed by atoms with E-state index in [1.807, 2.05) is 17.5 Å². The lowest BCUT2D eigenvalue weighted by Gasteiger charge is -2.29. The van der Waals surface area contributed by atoms with Crippen LogP contribution in [0.2, 0.25) is 0 Å². The lowest BCUT2D eigenvalue weighted by molar-refractivity contribution is 0.316. The number of nitrogens with two attached hydrogens (primary N) is 1. The van der Waals surface area contributed by atoms with E-state index in [1.54, 1.807) is 15.6 Å². The second-order valence-corrected chi connectivity index (χ2v) is 7.53. The average Bonchev–Trinajstić information content (AvgIpc) is 2.79. The average molecular weight is 274 g/mol. The Morgan fingerprint density at radius 1 is 1.53 bits per heavy atom. The number of nitrogens with zero attached hydrogens (tertiary/aromatic N) is 1. The minimum absolute atomic E-state index is 0.000243. The fourth-order valence-electron chi connectivity index (χ4n) is 2.04. The molecule has 0 aromatic carbocycles. The number of piperidine rings is 1. The maximum Gasteiger partial charge on any atom is 0.214 e. The third kappa shape index (κ3) is 3.51. The van der Waals surface area contributed by atoms with Crippen molar-refractivity contribution in [3.05, 3.63) is 22.4 Å². The minimum Gasteiger partial charge on any atom is -0.327 e. The summed E-state index contributed by atoms with van der Waals surface area (Å²) in [5.41, 5.74) is 5.81. The van der Waals surface area contributed by atoms with Crippen molar-refractivity contribution >= 4 is 21.4 Å². The molecule has 0 aliphatic carbocycles. The van der Waals surface area contributed by atoms with Gasteiger partial charge in [-0.25, -0.2) is 12.7 Å². The smallest absolute Gasteiger partial charge is 0.214 e. The molecule has 1 atom stereocenters. The van der Waals surface area contributed by atoms with E-state index in [2.05, 4.69) is 0 Å². The molecule has 96 valence electrons. The molecule has 0 bridgehead atoms. The normalized spacial score (nSPS) is 22.8. The highest BCUT2D eigenvalue weighted by atomic mass is 32.2. The van der Waals surface area contributed by atoms with Crippen LogP contribution >= 0.6 is 11.3 Å². The zero-order valence-corrected chi connectivity index (χ0v) is 11.3. The van der Waals surface area contributed by atoms with Crippen molar-refractivity contribution in [3.8, 4) is 0 Å². The fraction of sp³-hybridized carbons (Fsp3) is 0.636. The van der Waals surface area contributed by atoms with Gasteiger partial charge in [0.05, 0.1) is 5.75 Å². The summed E-state index contributed by atoms with van der Waals surface area (Å²) >= 11 is 1.60. The van der Waals surface area contributed by atoms with Crippen molar-refractivity contribution in [3.63, 3.8) is 0 Å². The molecule has 17 heavy (non-hydrogen) atoms. The Labute approximate surface area is 106 Å². The predicted molar refractivity (Wildman–Crippen MR) is 70.6 cm³/mol. The van der Waals surface area contributed by atoms with Crippen molar-refractivity contribution in [1.29, 1.82) is 0 Å². The molecule has 1 aromatic heterocycles. The van der Waals surface area contributed by atoms with Crippen LogP contribution in [-0.4, -0.2) is 37.6 Å². The number of hydrogen-bond donors (Lipinski definition) is 1. The lowest BCUT2D eigenvalue weighted by Crippen LogP contribution is -2.46. The van der Waals surface area contributed by atoms with Crippen LogP contribution in [0.25, 0.3) is 0 Å². The van der Waals surface area contributed by atoms with E-state index in [1.165, 1.54) is 0 Å². The summed E-state index contributed by atoms with van der Waals surface area (Å²) in [6.45, 7) is 1.10. The molecule has 1 fully saturated rings. The number of aryl methyl sites for hydroxylation is 1. The highest BCUT2D eigenvalue weighted by molar-refractivity contribution is 7.89. The largest absolute Gasteiger partial charge is 0.327 e. The quantitative estimate of drug-likeness (QED) is 0.892. The molecule has 0 radical (unpaired) electrons. The van der Waals surface area contributed by atoms with E-state index in [0.717, 1.165) is 17.7 Å². The minimum atomic E-state index is -3.13. The van der Waals surface area contributed by atoms with Gasteiger partial charge in [0, 0.05) is 24.0 Å². The van der Waals surface area contributed by atoms with Gasteiger partial charge in [-0.2, -0.15) is 0 Å². The molecule has 2 heterocycles. The van der Waals surface area contributed by atoms with Crippen LogP contribution in [0.4, 0.5) is 0 Å². The first-order chi connectivity index (χ1) is 8.08. The molecule has 4 nitrogen and oxygen atoms in total. The molecule has 6 heteroatoms. The van der Waals surface area contributed by atoms with Gasteiger partial charge < -0.3 is 5.73 Å². The molecule has 1 saturated heterocycles. The monoisotopic (exact) mass is 274 g/mol. The van der Waals surface area contributed by atoms with E-state index in [0.29, 0.717) is 19.5 Å². The molecule has 1 aliphatic rings. The van der Waals surface area contributed by atoms with Crippen molar-refractivity contribution in [2.75, 3.05) is 18.8 Å². The number of thiophene rings is 1. The molecule has 0 amide bonds. The van der Waals surface area contributed by atoms with Gasteiger partial charge in [-0.15, -0.1) is 11.3 Å². The Kier molecular flexibility index (Phi) is 4.19. The standard InChI is InChI=1S/C11H18N2O2S2/c12-10-3-1-6-13(9-10)17(14,15)8-5-11-4-2-7-16-11/h2,4,7,10H,1,3,5-6,8-9,12H2. The Bertz CT molecular complexity index is 442. The Morgan fingerprint density at radius 2 is 2.35 bits per heavy atom. The Balaban J connectivity index is 1.94. The number of sulfonamides is 1. The Hall–Kier alpha value is -0.430. The van der Waals surface area contributed by atoms with Crippen LogP contribution in [0.1, 0.15) is 17.7 Å². The second kappa shape index (κ2) is 5.48. The van der Waals surface area contributed by atoms with Crippen molar-refractivity contribution in [2.24, 2.45) is 5.73 Å². The maximum absolute atomic E-state index is 12.1. The summed E-state index contributed by atoms with van der Waals surface area (Å²) < 4.78 is 25.8. The lowest BCUT2D eigenvalue weighted by atomic mass is 10.1. The molecule has 1 aliphatic heterocycles. The zero-order valence-electron chi connectivity index (χ0n) is 9.71. The van der Waals surface area contributed by atoms with Gasteiger partial charge >= 0.3 is 0 Å². The number of hydrogen-bond acceptors (Lipinski definition) is 4. The van der Waals surface area contributed by atoms with Gasteiger partial charge in [0.2, 0.25) is 10.0 Å². The van der Waals surface area contributed by atoms with Crippen molar-refractivity contribution in [2.45, 2.75) is 25.3 Å². The van der Waals surface area contributed by atoms with E-state index in [-0.39, 0.29) is 11.8 Å². The van der Waals surface area contributed by atoms with Crippen LogP contribution in [0.15, 0.2) is 17.5 Å². The maximum atomic E-state index is 12.1. The third-order valence-electron chi connectivity index (χ3n) is 3.00. The SMILES string of the molecule is NC1CCCN(S(=O)(=O)CCc2cccs2)C1. The van der Waals surface area contributed by atoms with Crippen LogP contribution in [0.3, 0.4) is 0 Å². The predicted octanol–water partition coefficient (Wildman–Crippen LogP) is 1.04. The van der Waals surface area contributed by atoms with Crippen molar-refractivity contribution in [1.82, 2.24) is 4.31 Å². The van der Waals surface area contributed by atoms with Crippen LogP contribution in [0, 0.1) is 0 Å². The van der Waals surface area contributed by atoms with Gasteiger partial charge in [0.15, 0.2) is 0 Å². The van der Waals surface area contributed by atoms with Crippen LogP contribution < -0.4 is 5.73 Å². The van der Waals surface area contributed by atoms with Crippen LogP contribution in [-0.2, 0) is 16.4 Å². The first-order valence-corrected chi connectivity index (χ1v) is 8.32.